The molecule has 7 heteroatoms. The van der Waals surface area contributed by atoms with Crippen LogP contribution in [0.1, 0.15) is 32.6 Å². The number of hydrogen-bond donors (Lipinski definition) is 1. The Kier molecular flexibility index (Phi) is 4.76. The molecule has 2 aliphatic carbocycles. The lowest BCUT2D eigenvalue weighted by Gasteiger charge is -2.28. The van der Waals surface area contributed by atoms with E-state index < -0.39 is 11.7 Å². The molecule has 0 spiro atoms. The van der Waals surface area contributed by atoms with Crippen molar-refractivity contribution in [1.82, 2.24) is 9.88 Å². The van der Waals surface area contributed by atoms with Gasteiger partial charge in [0.1, 0.15) is 6.54 Å². The van der Waals surface area contributed by atoms with E-state index >= 15 is 0 Å². The van der Waals surface area contributed by atoms with E-state index in [1.54, 1.807) is 24.3 Å². The highest BCUT2D eigenvalue weighted by molar-refractivity contribution is 5.81. The number of amides is 1. The molecule has 2 fully saturated rings. The van der Waals surface area contributed by atoms with Crippen LogP contribution in [-0.4, -0.2) is 29.1 Å². The van der Waals surface area contributed by atoms with E-state index in [1.165, 1.54) is 30.3 Å². The lowest BCUT2D eigenvalue weighted by molar-refractivity contribution is -0.149. The van der Waals surface area contributed by atoms with Crippen LogP contribution >= 0.6 is 0 Å². The molecule has 2 bridgehead atoms. The van der Waals surface area contributed by atoms with Gasteiger partial charge < -0.3 is 14.5 Å². The summed E-state index contributed by atoms with van der Waals surface area (Å²) in [6, 6.07) is 6.94. The molecule has 0 saturated heterocycles. The lowest BCUT2D eigenvalue weighted by atomic mass is 9.84. The van der Waals surface area contributed by atoms with Crippen LogP contribution in [0.25, 0.3) is 11.1 Å². The predicted molar refractivity (Wildman–Crippen MR) is 98.0 cm³/mol. The average molecular weight is 372 g/mol. The Bertz CT molecular complexity index is 914. The second kappa shape index (κ2) is 7.21. The van der Waals surface area contributed by atoms with Crippen molar-refractivity contribution in [3.05, 3.63) is 34.8 Å². The molecule has 144 valence electrons. The SMILES string of the molecule is C[C@@H](NC(=O)COC(=O)Cn1c(=O)oc2ccccc21)[C@H]1C[C@@H]2CC[C@@H]1C2. The van der Waals surface area contributed by atoms with Crippen molar-refractivity contribution in [2.75, 3.05) is 6.61 Å². The van der Waals surface area contributed by atoms with Crippen LogP contribution < -0.4 is 11.1 Å². The van der Waals surface area contributed by atoms with Crippen LogP contribution in [-0.2, 0) is 20.9 Å². The quantitative estimate of drug-likeness (QED) is 0.784. The Morgan fingerprint density at radius 3 is 2.85 bits per heavy atom. The number of benzene rings is 1. The molecule has 2 saturated carbocycles. The molecule has 0 unspecified atom stereocenters. The van der Waals surface area contributed by atoms with Crippen LogP contribution in [0.2, 0.25) is 0 Å². The summed E-state index contributed by atoms with van der Waals surface area (Å²) in [5.41, 5.74) is 0.932. The number of carbonyl (C=O) groups is 2. The Morgan fingerprint density at radius 1 is 1.30 bits per heavy atom. The maximum Gasteiger partial charge on any atom is 0.420 e. The minimum atomic E-state index is -0.647. The Hall–Kier alpha value is -2.57. The third-order valence-corrected chi connectivity index (χ3v) is 6.05. The number of ether oxygens (including phenoxy) is 1. The fourth-order valence-corrected chi connectivity index (χ4v) is 4.79. The first kappa shape index (κ1) is 17.8. The highest BCUT2D eigenvalue weighted by atomic mass is 16.5. The van der Waals surface area contributed by atoms with E-state index in [-0.39, 0.29) is 25.1 Å². The molecule has 1 aromatic carbocycles. The van der Waals surface area contributed by atoms with Crippen molar-refractivity contribution in [2.45, 2.75) is 45.2 Å². The standard InChI is InChI=1S/C20H24N2O5/c1-12(15-9-13-6-7-14(15)8-13)21-18(23)11-26-19(24)10-22-16-4-2-3-5-17(16)27-20(22)25/h2-5,12-15H,6-11H2,1H3,(H,21,23)/t12-,13-,14-,15-/m1/s1. The number of oxazole rings is 1. The fraction of sp³-hybridized carbons (Fsp3) is 0.550. The molecule has 1 heterocycles. The van der Waals surface area contributed by atoms with Gasteiger partial charge >= 0.3 is 11.7 Å². The van der Waals surface area contributed by atoms with Gasteiger partial charge in [0.15, 0.2) is 12.2 Å². The van der Waals surface area contributed by atoms with Crippen LogP contribution in [0.15, 0.2) is 33.5 Å². The maximum absolute atomic E-state index is 12.1. The number of para-hydroxylation sites is 2. The van der Waals surface area contributed by atoms with E-state index in [4.69, 9.17) is 9.15 Å². The molecule has 2 aromatic rings. The third-order valence-electron chi connectivity index (χ3n) is 6.05. The molecule has 1 aromatic heterocycles. The molecule has 7 nitrogen and oxygen atoms in total. The van der Waals surface area contributed by atoms with E-state index in [9.17, 15) is 14.4 Å². The molecule has 1 amide bonds. The number of fused-ring (bicyclic) bond motifs is 3. The largest absolute Gasteiger partial charge is 0.454 e. The summed E-state index contributed by atoms with van der Waals surface area (Å²) in [6.45, 7) is 1.40. The second-order valence-electron chi connectivity index (χ2n) is 7.78. The van der Waals surface area contributed by atoms with Gasteiger partial charge in [0.25, 0.3) is 5.91 Å². The maximum atomic E-state index is 12.1. The van der Waals surface area contributed by atoms with Gasteiger partial charge in [0, 0.05) is 6.04 Å². The monoisotopic (exact) mass is 372 g/mol. The van der Waals surface area contributed by atoms with Crippen molar-refractivity contribution in [3.63, 3.8) is 0 Å². The van der Waals surface area contributed by atoms with Gasteiger partial charge in [0.05, 0.1) is 5.52 Å². The highest BCUT2D eigenvalue weighted by Crippen LogP contribution is 2.49. The van der Waals surface area contributed by atoms with Gasteiger partial charge in [-0.2, -0.15) is 0 Å². The minimum absolute atomic E-state index is 0.0898. The van der Waals surface area contributed by atoms with Crippen molar-refractivity contribution in [3.8, 4) is 0 Å². The molecule has 1 N–H and O–H groups in total. The summed E-state index contributed by atoms with van der Waals surface area (Å²) >= 11 is 0. The second-order valence-corrected chi connectivity index (χ2v) is 7.78. The van der Waals surface area contributed by atoms with Gasteiger partial charge in [-0.3, -0.25) is 14.2 Å². The fourth-order valence-electron chi connectivity index (χ4n) is 4.79. The Labute approximate surface area is 156 Å². The molecular formula is C20H24N2O5. The third kappa shape index (κ3) is 3.63. The van der Waals surface area contributed by atoms with Gasteiger partial charge in [0.2, 0.25) is 0 Å². The number of hydrogen-bond acceptors (Lipinski definition) is 5. The topological polar surface area (TPSA) is 90.5 Å². The van der Waals surface area contributed by atoms with Crippen molar-refractivity contribution in [1.29, 1.82) is 0 Å². The van der Waals surface area contributed by atoms with Crippen molar-refractivity contribution in [2.24, 2.45) is 17.8 Å². The summed E-state index contributed by atoms with van der Waals surface area (Å²) < 4.78 is 11.3. The molecule has 0 radical (unpaired) electrons. The predicted octanol–water partition coefficient (Wildman–Crippen LogP) is 2.08. The zero-order chi connectivity index (χ0) is 19.0. The van der Waals surface area contributed by atoms with Gasteiger partial charge in [-0.25, -0.2) is 4.79 Å². The first-order chi connectivity index (χ1) is 13.0. The Morgan fingerprint density at radius 2 is 2.11 bits per heavy atom. The van der Waals surface area contributed by atoms with E-state index in [2.05, 4.69) is 5.32 Å². The molecule has 4 rings (SSSR count). The van der Waals surface area contributed by atoms with E-state index in [1.807, 2.05) is 6.92 Å². The van der Waals surface area contributed by atoms with Gasteiger partial charge in [-0.1, -0.05) is 18.6 Å². The van der Waals surface area contributed by atoms with Crippen molar-refractivity contribution < 1.29 is 18.7 Å². The number of rotatable bonds is 6. The van der Waals surface area contributed by atoms with Gasteiger partial charge in [-0.05, 0) is 56.1 Å². The minimum Gasteiger partial charge on any atom is -0.454 e. The summed E-state index contributed by atoms with van der Waals surface area (Å²) in [4.78, 5) is 36.1. The number of carbonyl (C=O) groups excluding carboxylic acids is 2. The number of esters is 1. The molecule has 0 aliphatic heterocycles. The zero-order valence-electron chi connectivity index (χ0n) is 15.3. The smallest absolute Gasteiger partial charge is 0.420 e. The van der Waals surface area contributed by atoms with Gasteiger partial charge in [-0.15, -0.1) is 0 Å². The summed E-state index contributed by atoms with van der Waals surface area (Å²) in [5, 5.41) is 2.96. The Balaban J connectivity index is 1.28. The molecular weight excluding hydrogens is 348 g/mol. The first-order valence-electron chi connectivity index (χ1n) is 9.54. The molecule has 4 atom stereocenters. The van der Waals surface area contributed by atoms with Crippen molar-refractivity contribution >= 4 is 23.0 Å². The molecule has 27 heavy (non-hydrogen) atoms. The normalized spacial score (nSPS) is 24.9. The number of nitrogens with one attached hydrogen (secondary N) is 1. The van der Waals surface area contributed by atoms with Crippen LogP contribution in [0.4, 0.5) is 0 Å². The van der Waals surface area contributed by atoms with Crippen LogP contribution in [0, 0.1) is 17.8 Å². The highest BCUT2D eigenvalue weighted by Gasteiger charge is 2.42. The van der Waals surface area contributed by atoms with Crippen LogP contribution in [0.3, 0.4) is 0 Å². The lowest BCUT2D eigenvalue weighted by Crippen LogP contribution is -2.42. The summed E-state index contributed by atoms with van der Waals surface area (Å²) in [5.74, 6) is 0.491. The number of aromatic nitrogens is 1. The zero-order valence-corrected chi connectivity index (χ0v) is 15.3. The summed E-state index contributed by atoms with van der Waals surface area (Å²) in [6.07, 6.45) is 5.05. The number of nitrogens with zero attached hydrogens (tertiary/aromatic N) is 1. The van der Waals surface area contributed by atoms with E-state index in [0.29, 0.717) is 22.9 Å². The summed E-state index contributed by atoms with van der Waals surface area (Å²) in [7, 11) is 0. The van der Waals surface area contributed by atoms with E-state index in [0.717, 1.165) is 5.92 Å². The van der Waals surface area contributed by atoms with Crippen LogP contribution in [0.5, 0.6) is 0 Å². The molecule has 2 aliphatic rings. The average Bonchev–Trinajstić information content (AvgIpc) is 3.35. The first-order valence-corrected chi connectivity index (χ1v) is 9.54.